The van der Waals surface area contributed by atoms with Gasteiger partial charge in [-0.25, -0.2) is 4.39 Å². The lowest BCUT2D eigenvalue weighted by atomic mass is 9.89. The standard InChI is InChI=1S/C13H18FN/c1-9(2)7-13-12-8-11(14)4-3-10(12)5-6-15-13/h3-4,8-9,13,15H,5-7H2,1-2H3. The molecule has 1 aromatic rings. The topological polar surface area (TPSA) is 12.0 Å². The first-order valence-corrected chi connectivity index (χ1v) is 5.68. The van der Waals surface area contributed by atoms with Gasteiger partial charge in [0.15, 0.2) is 0 Å². The normalized spacial score (nSPS) is 20.4. The fraction of sp³-hybridized carbons (Fsp3) is 0.538. The van der Waals surface area contributed by atoms with Gasteiger partial charge in [-0.3, -0.25) is 0 Å². The first-order chi connectivity index (χ1) is 7.16. The van der Waals surface area contributed by atoms with Crippen molar-refractivity contribution in [2.45, 2.75) is 32.7 Å². The second-order valence-electron chi connectivity index (χ2n) is 4.73. The minimum atomic E-state index is -0.119. The van der Waals surface area contributed by atoms with Crippen LogP contribution < -0.4 is 5.32 Å². The highest BCUT2D eigenvalue weighted by Gasteiger charge is 2.20. The van der Waals surface area contributed by atoms with Crippen LogP contribution >= 0.6 is 0 Å². The van der Waals surface area contributed by atoms with Gasteiger partial charge >= 0.3 is 0 Å². The van der Waals surface area contributed by atoms with Gasteiger partial charge in [0.2, 0.25) is 0 Å². The van der Waals surface area contributed by atoms with Crippen molar-refractivity contribution < 1.29 is 4.39 Å². The molecular weight excluding hydrogens is 189 g/mol. The van der Waals surface area contributed by atoms with E-state index in [1.54, 1.807) is 12.1 Å². The van der Waals surface area contributed by atoms with E-state index in [1.165, 1.54) is 5.56 Å². The Labute approximate surface area is 90.7 Å². The van der Waals surface area contributed by atoms with E-state index in [-0.39, 0.29) is 5.82 Å². The summed E-state index contributed by atoms with van der Waals surface area (Å²) in [4.78, 5) is 0. The van der Waals surface area contributed by atoms with Gasteiger partial charge in [-0.15, -0.1) is 0 Å². The highest BCUT2D eigenvalue weighted by Crippen LogP contribution is 2.28. The van der Waals surface area contributed by atoms with Gasteiger partial charge in [0, 0.05) is 6.04 Å². The van der Waals surface area contributed by atoms with Crippen LogP contribution in [0.15, 0.2) is 18.2 Å². The van der Waals surface area contributed by atoms with E-state index >= 15 is 0 Å². The van der Waals surface area contributed by atoms with Gasteiger partial charge in [-0.1, -0.05) is 19.9 Å². The molecule has 0 radical (unpaired) electrons. The minimum Gasteiger partial charge on any atom is -0.310 e. The van der Waals surface area contributed by atoms with Crippen LogP contribution in [0.3, 0.4) is 0 Å². The molecule has 0 fully saturated rings. The smallest absolute Gasteiger partial charge is 0.123 e. The largest absolute Gasteiger partial charge is 0.310 e. The third-order valence-corrected chi connectivity index (χ3v) is 2.98. The molecular formula is C13H18FN. The van der Waals surface area contributed by atoms with Gasteiger partial charge in [0.1, 0.15) is 5.82 Å². The van der Waals surface area contributed by atoms with E-state index in [1.807, 2.05) is 6.07 Å². The quantitative estimate of drug-likeness (QED) is 0.786. The Balaban J connectivity index is 2.28. The molecule has 1 aliphatic heterocycles. The maximum atomic E-state index is 13.2. The molecule has 0 spiro atoms. The number of rotatable bonds is 2. The third kappa shape index (κ3) is 2.37. The summed E-state index contributed by atoms with van der Waals surface area (Å²) in [7, 11) is 0. The SMILES string of the molecule is CC(C)CC1NCCc2ccc(F)cc21. The molecule has 1 aliphatic rings. The molecule has 1 heterocycles. The number of nitrogens with one attached hydrogen (secondary N) is 1. The molecule has 15 heavy (non-hydrogen) atoms. The second-order valence-corrected chi connectivity index (χ2v) is 4.73. The van der Waals surface area contributed by atoms with Crippen LogP contribution in [0.1, 0.15) is 37.4 Å². The Hall–Kier alpha value is -0.890. The summed E-state index contributed by atoms with van der Waals surface area (Å²) in [6.07, 6.45) is 2.10. The highest BCUT2D eigenvalue weighted by molar-refractivity contribution is 5.33. The summed E-state index contributed by atoms with van der Waals surface area (Å²) in [6, 6.07) is 5.52. The van der Waals surface area contributed by atoms with Crippen LogP contribution in [-0.2, 0) is 6.42 Å². The predicted molar refractivity (Wildman–Crippen MR) is 60.3 cm³/mol. The molecule has 82 valence electrons. The van der Waals surface area contributed by atoms with E-state index in [0.29, 0.717) is 12.0 Å². The zero-order valence-corrected chi connectivity index (χ0v) is 9.39. The lowest BCUT2D eigenvalue weighted by molar-refractivity contribution is 0.412. The molecule has 2 rings (SSSR count). The molecule has 1 atom stereocenters. The first kappa shape index (κ1) is 10.6. The summed E-state index contributed by atoms with van der Waals surface area (Å²) in [5.74, 6) is 0.517. The lowest BCUT2D eigenvalue weighted by Crippen LogP contribution is -2.30. The zero-order chi connectivity index (χ0) is 10.8. The number of halogens is 1. The van der Waals surface area contributed by atoms with E-state index in [0.717, 1.165) is 24.9 Å². The Kier molecular flexibility index (Phi) is 3.06. The summed E-state index contributed by atoms with van der Waals surface area (Å²) < 4.78 is 13.2. The Morgan fingerprint density at radius 1 is 1.47 bits per heavy atom. The van der Waals surface area contributed by atoms with Crippen molar-refractivity contribution in [2.24, 2.45) is 5.92 Å². The fourth-order valence-electron chi connectivity index (χ4n) is 2.29. The monoisotopic (exact) mass is 207 g/mol. The third-order valence-electron chi connectivity index (χ3n) is 2.98. The highest BCUT2D eigenvalue weighted by atomic mass is 19.1. The molecule has 0 bridgehead atoms. The van der Waals surface area contributed by atoms with Crippen LogP contribution in [0.25, 0.3) is 0 Å². The van der Waals surface area contributed by atoms with Gasteiger partial charge < -0.3 is 5.32 Å². The fourth-order valence-corrected chi connectivity index (χ4v) is 2.29. The van der Waals surface area contributed by atoms with E-state index < -0.39 is 0 Å². The second kappa shape index (κ2) is 4.31. The first-order valence-electron chi connectivity index (χ1n) is 5.68. The Morgan fingerprint density at radius 3 is 3.00 bits per heavy atom. The van der Waals surface area contributed by atoms with Crippen molar-refractivity contribution in [2.75, 3.05) is 6.54 Å². The van der Waals surface area contributed by atoms with Crippen LogP contribution in [-0.4, -0.2) is 6.54 Å². The minimum absolute atomic E-state index is 0.119. The summed E-state index contributed by atoms with van der Waals surface area (Å²) in [5.41, 5.74) is 2.47. The van der Waals surface area contributed by atoms with Crippen LogP contribution in [0.4, 0.5) is 4.39 Å². The van der Waals surface area contributed by atoms with Crippen molar-refractivity contribution in [1.82, 2.24) is 5.32 Å². The molecule has 1 unspecified atom stereocenters. The lowest BCUT2D eigenvalue weighted by Gasteiger charge is -2.28. The van der Waals surface area contributed by atoms with Gasteiger partial charge in [0.25, 0.3) is 0 Å². The number of benzene rings is 1. The Morgan fingerprint density at radius 2 is 2.27 bits per heavy atom. The molecule has 1 aromatic carbocycles. The summed E-state index contributed by atoms with van der Waals surface area (Å²) >= 11 is 0. The van der Waals surface area contributed by atoms with Crippen molar-refractivity contribution in [1.29, 1.82) is 0 Å². The average molecular weight is 207 g/mol. The molecule has 2 heteroatoms. The molecule has 0 amide bonds. The van der Waals surface area contributed by atoms with E-state index in [2.05, 4.69) is 19.2 Å². The molecule has 1 nitrogen and oxygen atoms in total. The van der Waals surface area contributed by atoms with Crippen LogP contribution in [0, 0.1) is 11.7 Å². The van der Waals surface area contributed by atoms with E-state index in [4.69, 9.17) is 0 Å². The van der Waals surface area contributed by atoms with Crippen LogP contribution in [0.2, 0.25) is 0 Å². The molecule has 0 aliphatic carbocycles. The molecule has 0 saturated carbocycles. The van der Waals surface area contributed by atoms with Crippen molar-refractivity contribution in [3.05, 3.63) is 35.1 Å². The van der Waals surface area contributed by atoms with E-state index in [9.17, 15) is 4.39 Å². The maximum absolute atomic E-state index is 13.2. The predicted octanol–water partition coefficient (Wildman–Crippen LogP) is 3.06. The van der Waals surface area contributed by atoms with Gasteiger partial charge in [-0.2, -0.15) is 0 Å². The summed E-state index contributed by atoms with van der Waals surface area (Å²) in [6.45, 7) is 5.42. The maximum Gasteiger partial charge on any atom is 0.123 e. The zero-order valence-electron chi connectivity index (χ0n) is 9.39. The van der Waals surface area contributed by atoms with Crippen molar-refractivity contribution >= 4 is 0 Å². The van der Waals surface area contributed by atoms with Gasteiger partial charge in [-0.05, 0) is 48.6 Å². The molecule has 1 N–H and O–H groups in total. The van der Waals surface area contributed by atoms with Crippen LogP contribution in [0.5, 0.6) is 0 Å². The number of hydrogen-bond donors (Lipinski definition) is 1. The van der Waals surface area contributed by atoms with Gasteiger partial charge in [0.05, 0.1) is 0 Å². The summed E-state index contributed by atoms with van der Waals surface area (Å²) in [5, 5.41) is 3.47. The molecule has 0 aromatic heterocycles. The molecule has 0 saturated heterocycles. The van der Waals surface area contributed by atoms with Crippen molar-refractivity contribution in [3.8, 4) is 0 Å². The number of fused-ring (bicyclic) bond motifs is 1. The number of hydrogen-bond acceptors (Lipinski definition) is 1. The average Bonchev–Trinajstić information content (AvgIpc) is 2.18. The Bertz CT molecular complexity index is 346. The van der Waals surface area contributed by atoms with Crippen molar-refractivity contribution in [3.63, 3.8) is 0 Å².